The van der Waals surface area contributed by atoms with Crippen LogP contribution in [0.15, 0.2) is 0 Å². The van der Waals surface area contributed by atoms with E-state index >= 15 is 0 Å². The van der Waals surface area contributed by atoms with E-state index in [4.69, 9.17) is 18.9 Å². The minimum absolute atomic E-state index is 0.244. The molecule has 0 saturated carbocycles. The quantitative estimate of drug-likeness (QED) is 0.151. The number of esters is 2. The number of aliphatic hydroxyl groups excluding tert-OH is 4. The lowest BCUT2D eigenvalue weighted by molar-refractivity contribution is -0.315. The van der Waals surface area contributed by atoms with Gasteiger partial charge in [0.15, 0.2) is 6.29 Å². The molecule has 206 valence electrons. The molecular weight excluding hydrogens is 460 g/mol. The number of rotatable bonds is 19. The topological polar surface area (TPSA) is 152 Å². The fourth-order valence-electron chi connectivity index (χ4n) is 3.74. The van der Waals surface area contributed by atoms with Crippen LogP contribution in [-0.4, -0.2) is 89.0 Å². The first-order valence-corrected chi connectivity index (χ1v) is 13.1. The Hall–Kier alpha value is -1.30. The Kier molecular flexibility index (Phi) is 17.1. The smallest absolute Gasteiger partial charge is 0.305 e. The monoisotopic (exact) mass is 506 g/mol. The molecule has 0 spiro atoms. The van der Waals surface area contributed by atoms with E-state index in [2.05, 4.69) is 13.8 Å². The fourth-order valence-corrected chi connectivity index (χ4v) is 3.74. The molecule has 0 aromatic heterocycles. The molecule has 1 aliphatic heterocycles. The van der Waals surface area contributed by atoms with Gasteiger partial charge < -0.3 is 39.4 Å². The van der Waals surface area contributed by atoms with E-state index < -0.39 is 55.4 Å². The summed E-state index contributed by atoms with van der Waals surface area (Å²) in [6, 6.07) is 0. The molecule has 0 radical (unpaired) electrons. The number of carbonyl (C=O) groups is 2. The Bertz CT molecular complexity index is 570. The Labute approximate surface area is 208 Å². The number of unbranched alkanes of at least 4 members (excludes halogenated alkanes) is 8. The van der Waals surface area contributed by atoms with Crippen LogP contribution >= 0.6 is 0 Å². The van der Waals surface area contributed by atoms with E-state index in [1.54, 1.807) is 0 Å². The Morgan fingerprint density at radius 2 is 1.31 bits per heavy atom. The van der Waals surface area contributed by atoms with Gasteiger partial charge in [-0.25, -0.2) is 0 Å². The first-order valence-electron chi connectivity index (χ1n) is 13.1. The zero-order chi connectivity index (χ0) is 26.1. The molecule has 0 amide bonds. The average Bonchev–Trinajstić information content (AvgIpc) is 2.85. The van der Waals surface area contributed by atoms with Gasteiger partial charge in [0.05, 0.1) is 6.61 Å². The van der Waals surface area contributed by atoms with Gasteiger partial charge in [0.25, 0.3) is 0 Å². The largest absolute Gasteiger partial charge is 0.463 e. The van der Waals surface area contributed by atoms with Crippen molar-refractivity contribution in [2.45, 2.75) is 128 Å². The number of hydrogen-bond donors (Lipinski definition) is 4. The van der Waals surface area contributed by atoms with E-state index in [1.165, 1.54) is 0 Å². The highest BCUT2D eigenvalue weighted by Crippen LogP contribution is 2.24. The fraction of sp³-hybridized carbons (Fsp3) is 0.920. The minimum atomic E-state index is -1.61. The van der Waals surface area contributed by atoms with E-state index in [1.807, 2.05) is 0 Å². The number of ether oxygens (including phenoxy) is 4. The molecule has 1 fully saturated rings. The summed E-state index contributed by atoms with van der Waals surface area (Å²) in [5.41, 5.74) is 0. The predicted molar refractivity (Wildman–Crippen MR) is 127 cm³/mol. The summed E-state index contributed by atoms with van der Waals surface area (Å²) in [6.07, 6.45) is 2.10. The highest BCUT2D eigenvalue weighted by atomic mass is 16.7. The van der Waals surface area contributed by atoms with Crippen LogP contribution in [0, 0.1) is 0 Å². The van der Waals surface area contributed by atoms with Gasteiger partial charge in [-0.15, -0.1) is 0 Å². The second-order valence-electron chi connectivity index (χ2n) is 9.15. The highest BCUT2D eigenvalue weighted by molar-refractivity contribution is 5.69. The maximum absolute atomic E-state index is 12.0. The molecule has 6 atom stereocenters. The normalized spacial score (nSPS) is 25.3. The number of carbonyl (C=O) groups excluding carboxylic acids is 2. The second kappa shape index (κ2) is 18.9. The lowest BCUT2D eigenvalue weighted by atomic mass is 9.99. The summed E-state index contributed by atoms with van der Waals surface area (Å²) in [6.45, 7) is 3.12. The van der Waals surface area contributed by atoms with Crippen LogP contribution in [0.25, 0.3) is 0 Å². The van der Waals surface area contributed by atoms with Crippen molar-refractivity contribution in [3.63, 3.8) is 0 Å². The van der Waals surface area contributed by atoms with Crippen molar-refractivity contribution in [3.05, 3.63) is 0 Å². The van der Waals surface area contributed by atoms with Crippen molar-refractivity contribution in [2.75, 3.05) is 19.8 Å². The molecule has 0 aliphatic carbocycles. The third-order valence-corrected chi connectivity index (χ3v) is 6.01. The van der Waals surface area contributed by atoms with Crippen molar-refractivity contribution >= 4 is 11.9 Å². The van der Waals surface area contributed by atoms with Crippen molar-refractivity contribution in [1.82, 2.24) is 0 Å². The standard InChI is InChI=1S/C25H46O10/c1-3-5-7-9-11-13-20(27)32-16-18(15-26)34-25-24(31)23(30)22(29)19(35-25)17-33-21(28)14-12-10-8-6-4-2/h18-19,22-26,29-31H,3-17H2,1-2H3/t18-,19+,22+,23-,24+,25+/m0/s1. The molecule has 1 heterocycles. The van der Waals surface area contributed by atoms with Gasteiger partial charge in [-0.1, -0.05) is 65.2 Å². The van der Waals surface area contributed by atoms with Crippen LogP contribution in [0.3, 0.4) is 0 Å². The molecule has 0 unspecified atom stereocenters. The summed E-state index contributed by atoms with van der Waals surface area (Å²) >= 11 is 0. The van der Waals surface area contributed by atoms with Crippen molar-refractivity contribution in [2.24, 2.45) is 0 Å². The van der Waals surface area contributed by atoms with Crippen LogP contribution < -0.4 is 0 Å². The average molecular weight is 507 g/mol. The van der Waals surface area contributed by atoms with E-state index in [-0.39, 0.29) is 26.1 Å². The molecular formula is C25H46O10. The van der Waals surface area contributed by atoms with Crippen LogP contribution in [0.2, 0.25) is 0 Å². The van der Waals surface area contributed by atoms with Gasteiger partial charge >= 0.3 is 11.9 Å². The maximum atomic E-state index is 12.0. The zero-order valence-corrected chi connectivity index (χ0v) is 21.3. The van der Waals surface area contributed by atoms with E-state index in [9.17, 15) is 30.0 Å². The SMILES string of the molecule is CCCCCCCC(=O)OC[C@H](CO)O[C@@H]1O[C@H](COC(=O)CCCCCCC)[C@@H](O)[C@H](O)[C@H]1O. The van der Waals surface area contributed by atoms with Crippen LogP contribution in [0.1, 0.15) is 90.9 Å². The van der Waals surface area contributed by atoms with Crippen molar-refractivity contribution in [1.29, 1.82) is 0 Å². The summed E-state index contributed by atoms with van der Waals surface area (Å²) in [7, 11) is 0. The third kappa shape index (κ3) is 13.0. The number of aliphatic hydroxyl groups is 4. The summed E-state index contributed by atoms with van der Waals surface area (Å²) in [4.78, 5) is 23.9. The van der Waals surface area contributed by atoms with Gasteiger partial charge in [0, 0.05) is 12.8 Å². The molecule has 0 aromatic carbocycles. The van der Waals surface area contributed by atoms with Crippen LogP contribution in [-0.2, 0) is 28.5 Å². The van der Waals surface area contributed by atoms with E-state index in [0.717, 1.165) is 57.8 Å². The van der Waals surface area contributed by atoms with Crippen molar-refractivity contribution < 1.29 is 49.0 Å². The molecule has 1 saturated heterocycles. The number of hydrogen-bond acceptors (Lipinski definition) is 10. The third-order valence-electron chi connectivity index (χ3n) is 6.01. The summed E-state index contributed by atoms with van der Waals surface area (Å²) in [5.74, 6) is -0.853. The van der Waals surface area contributed by atoms with Crippen LogP contribution in [0.5, 0.6) is 0 Å². The highest BCUT2D eigenvalue weighted by Gasteiger charge is 2.45. The van der Waals surface area contributed by atoms with E-state index in [0.29, 0.717) is 6.42 Å². The minimum Gasteiger partial charge on any atom is -0.463 e. The second-order valence-corrected chi connectivity index (χ2v) is 9.15. The van der Waals surface area contributed by atoms with Crippen LogP contribution in [0.4, 0.5) is 0 Å². The molecule has 10 heteroatoms. The van der Waals surface area contributed by atoms with Crippen molar-refractivity contribution in [3.8, 4) is 0 Å². The van der Waals surface area contributed by atoms with Gasteiger partial charge in [0.2, 0.25) is 0 Å². The lowest BCUT2D eigenvalue weighted by Gasteiger charge is -2.40. The Balaban J connectivity index is 2.45. The zero-order valence-electron chi connectivity index (χ0n) is 21.3. The first kappa shape index (κ1) is 31.7. The van der Waals surface area contributed by atoms with Gasteiger partial charge in [-0.2, -0.15) is 0 Å². The molecule has 4 N–H and O–H groups in total. The van der Waals surface area contributed by atoms with Gasteiger partial charge in [-0.3, -0.25) is 9.59 Å². The summed E-state index contributed by atoms with van der Waals surface area (Å²) in [5, 5.41) is 40.2. The molecule has 0 aromatic rings. The summed E-state index contributed by atoms with van der Waals surface area (Å²) < 4.78 is 21.4. The molecule has 10 nitrogen and oxygen atoms in total. The Morgan fingerprint density at radius 3 is 1.86 bits per heavy atom. The molecule has 1 rings (SSSR count). The lowest BCUT2D eigenvalue weighted by Crippen LogP contribution is -2.60. The Morgan fingerprint density at radius 1 is 0.771 bits per heavy atom. The van der Waals surface area contributed by atoms with Gasteiger partial charge in [-0.05, 0) is 12.8 Å². The first-order chi connectivity index (χ1) is 16.8. The molecule has 1 aliphatic rings. The predicted octanol–water partition coefficient (Wildman–Crippen LogP) is 1.98. The maximum Gasteiger partial charge on any atom is 0.305 e. The van der Waals surface area contributed by atoms with Gasteiger partial charge in [0.1, 0.15) is 43.7 Å². The molecule has 35 heavy (non-hydrogen) atoms. The molecule has 0 bridgehead atoms.